The van der Waals surface area contributed by atoms with Gasteiger partial charge in [-0.25, -0.2) is 13.1 Å². The Hall–Kier alpha value is -0.370. The zero-order chi connectivity index (χ0) is 15.2. The summed E-state index contributed by atoms with van der Waals surface area (Å²) < 4.78 is 24.4. The van der Waals surface area contributed by atoms with Gasteiger partial charge in [-0.3, -0.25) is 4.90 Å². The highest BCUT2D eigenvalue weighted by molar-refractivity contribution is 7.88. The molecule has 2 N–H and O–H groups in total. The third kappa shape index (κ3) is 6.88. The van der Waals surface area contributed by atoms with Gasteiger partial charge in [0.1, 0.15) is 0 Å². The number of rotatable bonds is 8. The largest absolute Gasteiger partial charge is 0.395 e. The molecule has 0 aliphatic carbocycles. The predicted molar refractivity (Wildman–Crippen MR) is 81.7 cm³/mol. The normalized spacial score (nSPS) is 12.1. The third-order valence-electron chi connectivity index (χ3n) is 2.60. The molecule has 114 valence electrons. The fraction of sp³-hybridized carbons (Fsp3) is 0.500. The van der Waals surface area contributed by atoms with E-state index in [1.165, 1.54) is 0 Å². The first-order valence-electron chi connectivity index (χ1n) is 6.03. The Morgan fingerprint density at radius 2 is 1.95 bits per heavy atom. The quantitative estimate of drug-likeness (QED) is 0.749. The molecule has 0 spiro atoms. The Morgan fingerprint density at radius 1 is 1.25 bits per heavy atom. The molecule has 0 saturated heterocycles. The van der Waals surface area contributed by atoms with Crippen molar-refractivity contribution in [1.29, 1.82) is 0 Å². The number of hydrogen-bond acceptors (Lipinski definition) is 4. The number of aliphatic hydroxyl groups is 1. The van der Waals surface area contributed by atoms with Gasteiger partial charge < -0.3 is 5.11 Å². The number of benzene rings is 1. The summed E-state index contributed by atoms with van der Waals surface area (Å²) in [4.78, 5) is 1.93. The summed E-state index contributed by atoms with van der Waals surface area (Å²) in [6, 6.07) is 5.33. The number of hydrogen-bond donors (Lipinski definition) is 2. The van der Waals surface area contributed by atoms with Crippen LogP contribution in [-0.4, -0.2) is 50.9 Å². The van der Waals surface area contributed by atoms with Crippen LogP contribution in [0.1, 0.15) is 5.56 Å². The molecule has 0 fully saturated rings. The van der Waals surface area contributed by atoms with Crippen molar-refractivity contribution in [3.8, 4) is 0 Å². The minimum Gasteiger partial charge on any atom is -0.395 e. The molecule has 5 nitrogen and oxygen atoms in total. The summed E-state index contributed by atoms with van der Waals surface area (Å²) in [5.41, 5.74) is 0.951. The van der Waals surface area contributed by atoms with Crippen LogP contribution in [0.5, 0.6) is 0 Å². The van der Waals surface area contributed by atoms with Gasteiger partial charge in [0, 0.05) is 26.2 Å². The molecule has 0 heterocycles. The van der Waals surface area contributed by atoms with Crippen LogP contribution in [0.4, 0.5) is 0 Å². The fourth-order valence-corrected chi connectivity index (χ4v) is 2.48. The zero-order valence-corrected chi connectivity index (χ0v) is 13.5. The Balaban J connectivity index is 2.59. The molecule has 20 heavy (non-hydrogen) atoms. The Labute approximate surface area is 129 Å². The van der Waals surface area contributed by atoms with Gasteiger partial charge in [-0.05, 0) is 17.7 Å². The van der Waals surface area contributed by atoms with E-state index in [1.807, 2.05) is 11.0 Å². The second-order valence-corrected chi connectivity index (χ2v) is 7.06. The molecule has 0 bridgehead atoms. The van der Waals surface area contributed by atoms with E-state index in [4.69, 9.17) is 28.3 Å². The zero-order valence-electron chi connectivity index (χ0n) is 11.1. The van der Waals surface area contributed by atoms with Gasteiger partial charge in [-0.1, -0.05) is 29.3 Å². The Bertz CT molecular complexity index is 538. The van der Waals surface area contributed by atoms with Crippen molar-refractivity contribution in [1.82, 2.24) is 9.62 Å². The average molecular weight is 341 g/mol. The third-order valence-corrected chi connectivity index (χ3v) is 4.07. The van der Waals surface area contributed by atoms with E-state index in [0.29, 0.717) is 36.2 Å². The number of nitrogens with one attached hydrogen (secondary N) is 1. The summed E-state index contributed by atoms with van der Waals surface area (Å²) >= 11 is 11.8. The molecule has 1 aromatic carbocycles. The smallest absolute Gasteiger partial charge is 0.208 e. The second kappa shape index (κ2) is 8.17. The molecule has 0 aliphatic heterocycles. The van der Waals surface area contributed by atoms with Crippen LogP contribution in [0.2, 0.25) is 10.0 Å². The lowest BCUT2D eigenvalue weighted by molar-refractivity contribution is 0.192. The first-order chi connectivity index (χ1) is 9.31. The second-order valence-electron chi connectivity index (χ2n) is 4.41. The van der Waals surface area contributed by atoms with Crippen LogP contribution in [0.25, 0.3) is 0 Å². The highest BCUT2D eigenvalue weighted by Crippen LogP contribution is 2.23. The molecule has 8 heteroatoms. The van der Waals surface area contributed by atoms with E-state index in [1.54, 1.807) is 12.1 Å². The number of sulfonamides is 1. The molecule has 0 amide bonds. The van der Waals surface area contributed by atoms with Crippen LogP contribution in [0.15, 0.2) is 18.2 Å². The molecule has 0 unspecified atom stereocenters. The van der Waals surface area contributed by atoms with E-state index in [2.05, 4.69) is 4.72 Å². The van der Waals surface area contributed by atoms with Crippen molar-refractivity contribution in [2.75, 3.05) is 32.5 Å². The highest BCUT2D eigenvalue weighted by atomic mass is 35.5. The van der Waals surface area contributed by atoms with Crippen LogP contribution < -0.4 is 4.72 Å². The average Bonchev–Trinajstić information content (AvgIpc) is 2.32. The molecular formula is C12H18Cl2N2O3S. The van der Waals surface area contributed by atoms with Crippen molar-refractivity contribution >= 4 is 33.2 Å². The van der Waals surface area contributed by atoms with Crippen molar-refractivity contribution in [3.63, 3.8) is 0 Å². The Kier molecular flexibility index (Phi) is 7.22. The highest BCUT2D eigenvalue weighted by Gasteiger charge is 2.08. The minimum atomic E-state index is -3.20. The monoisotopic (exact) mass is 340 g/mol. The lowest BCUT2D eigenvalue weighted by Gasteiger charge is -2.21. The van der Waals surface area contributed by atoms with E-state index in [0.717, 1.165) is 11.8 Å². The van der Waals surface area contributed by atoms with E-state index < -0.39 is 10.0 Å². The van der Waals surface area contributed by atoms with Gasteiger partial charge in [0.15, 0.2) is 0 Å². The van der Waals surface area contributed by atoms with Gasteiger partial charge in [0.25, 0.3) is 0 Å². The van der Waals surface area contributed by atoms with E-state index in [-0.39, 0.29) is 6.61 Å². The number of halogens is 2. The van der Waals surface area contributed by atoms with Crippen LogP contribution >= 0.6 is 23.2 Å². The first-order valence-corrected chi connectivity index (χ1v) is 8.68. The minimum absolute atomic E-state index is 0.000195. The maximum Gasteiger partial charge on any atom is 0.208 e. The van der Waals surface area contributed by atoms with Crippen LogP contribution in [0.3, 0.4) is 0 Å². The van der Waals surface area contributed by atoms with E-state index in [9.17, 15) is 8.42 Å². The fourth-order valence-electron chi connectivity index (χ4n) is 1.70. The molecule has 0 radical (unpaired) electrons. The first kappa shape index (κ1) is 17.7. The standard InChI is InChI=1S/C12H18Cl2N2O3S/c1-20(18,19)15-4-5-16(6-7-17)9-10-2-3-11(13)12(14)8-10/h2-3,8,15,17H,4-7,9H2,1H3. The maximum absolute atomic E-state index is 11.0. The summed E-state index contributed by atoms with van der Waals surface area (Å²) in [5.74, 6) is 0. The van der Waals surface area contributed by atoms with Gasteiger partial charge in [-0.2, -0.15) is 0 Å². The molecule has 0 aromatic heterocycles. The molecule has 1 aromatic rings. The Morgan fingerprint density at radius 3 is 2.50 bits per heavy atom. The maximum atomic E-state index is 11.0. The number of nitrogens with zero attached hydrogens (tertiary/aromatic N) is 1. The van der Waals surface area contributed by atoms with Crippen molar-refractivity contribution < 1.29 is 13.5 Å². The molecule has 0 aliphatic rings. The van der Waals surface area contributed by atoms with Gasteiger partial charge >= 0.3 is 0 Å². The summed E-state index contributed by atoms with van der Waals surface area (Å²) in [6.07, 6.45) is 1.11. The van der Waals surface area contributed by atoms with Crippen molar-refractivity contribution in [2.24, 2.45) is 0 Å². The van der Waals surface area contributed by atoms with Gasteiger partial charge in [0.2, 0.25) is 10.0 Å². The lowest BCUT2D eigenvalue weighted by atomic mass is 10.2. The summed E-state index contributed by atoms with van der Waals surface area (Å²) in [5, 5.41) is 10.0. The molecule has 1 rings (SSSR count). The molecule has 0 saturated carbocycles. The predicted octanol–water partition coefficient (Wildman–Crippen LogP) is 1.34. The molecule has 0 atom stereocenters. The van der Waals surface area contributed by atoms with Crippen LogP contribution in [0, 0.1) is 0 Å². The summed E-state index contributed by atoms with van der Waals surface area (Å²) in [6.45, 7) is 1.79. The van der Waals surface area contributed by atoms with Crippen molar-refractivity contribution in [3.05, 3.63) is 33.8 Å². The van der Waals surface area contributed by atoms with Gasteiger partial charge in [-0.15, -0.1) is 0 Å². The van der Waals surface area contributed by atoms with Gasteiger partial charge in [0.05, 0.1) is 22.9 Å². The van der Waals surface area contributed by atoms with Crippen LogP contribution in [-0.2, 0) is 16.6 Å². The topological polar surface area (TPSA) is 69.6 Å². The lowest BCUT2D eigenvalue weighted by Crippen LogP contribution is -2.35. The molecular weight excluding hydrogens is 323 g/mol. The SMILES string of the molecule is CS(=O)(=O)NCCN(CCO)Cc1ccc(Cl)c(Cl)c1. The summed E-state index contributed by atoms with van der Waals surface area (Å²) in [7, 11) is -3.20. The van der Waals surface area contributed by atoms with Crippen molar-refractivity contribution in [2.45, 2.75) is 6.54 Å². The van der Waals surface area contributed by atoms with E-state index >= 15 is 0 Å². The number of aliphatic hydroxyl groups excluding tert-OH is 1.